The SMILES string of the molecule is COc1ccc2c(c1)O[C@](c1ccccc1)([C@@]1(c3ccccc3)Oc3cc(OC)ccc3C1=O)C2=O. The molecule has 0 saturated heterocycles. The standard InChI is InChI=1S/C30H22O6/c1-33-21-13-15-23-25(17-21)35-29(27(23)31,19-9-5-3-6-10-19)30(20-11-7-4-8-12-20)28(32)24-16-14-22(34-2)18-26(24)36-30/h3-18H,1-2H3/t29-,30-/m0/s1. The monoisotopic (exact) mass is 478 g/mol. The molecular weight excluding hydrogens is 456 g/mol. The fourth-order valence-corrected chi connectivity index (χ4v) is 5.20. The van der Waals surface area contributed by atoms with Crippen LogP contribution in [-0.2, 0) is 11.2 Å². The van der Waals surface area contributed by atoms with E-state index < -0.39 is 11.2 Å². The molecule has 4 aromatic rings. The molecule has 0 unspecified atom stereocenters. The fourth-order valence-electron chi connectivity index (χ4n) is 5.20. The van der Waals surface area contributed by atoms with Crippen molar-refractivity contribution < 1.29 is 28.5 Å². The molecule has 6 nitrogen and oxygen atoms in total. The van der Waals surface area contributed by atoms with E-state index in [-0.39, 0.29) is 11.6 Å². The van der Waals surface area contributed by atoms with Crippen LogP contribution in [0.1, 0.15) is 31.8 Å². The summed E-state index contributed by atoms with van der Waals surface area (Å²) >= 11 is 0. The maximum absolute atomic E-state index is 14.5. The lowest BCUT2D eigenvalue weighted by molar-refractivity contribution is -0.0647. The van der Waals surface area contributed by atoms with Crippen molar-refractivity contribution in [2.24, 2.45) is 0 Å². The molecule has 6 heteroatoms. The summed E-state index contributed by atoms with van der Waals surface area (Å²) in [6, 6.07) is 28.1. The average molecular weight is 479 g/mol. The number of benzene rings is 4. The van der Waals surface area contributed by atoms with E-state index >= 15 is 0 Å². The largest absolute Gasteiger partial charge is 0.497 e. The Morgan fingerprint density at radius 1 is 0.556 bits per heavy atom. The zero-order valence-electron chi connectivity index (χ0n) is 19.7. The minimum atomic E-state index is -1.84. The van der Waals surface area contributed by atoms with Crippen molar-refractivity contribution >= 4 is 11.6 Å². The van der Waals surface area contributed by atoms with Crippen LogP contribution in [0.3, 0.4) is 0 Å². The first-order chi connectivity index (χ1) is 17.5. The van der Waals surface area contributed by atoms with Gasteiger partial charge in [-0.2, -0.15) is 0 Å². The number of carbonyl (C=O) groups is 2. The lowest BCUT2D eigenvalue weighted by atomic mass is 9.68. The van der Waals surface area contributed by atoms with E-state index in [4.69, 9.17) is 18.9 Å². The van der Waals surface area contributed by atoms with E-state index in [1.54, 1.807) is 74.9 Å². The molecule has 36 heavy (non-hydrogen) atoms. The summed E-state index contributed by atoms with van der Waals surface area (Å²) in [5.74, 6) is 0.968. The molecule has 0 aromatic heterocycles. The Bertz CT molecular complexity index is 1380. The maximum Gasteiger partial charge on any atom is 0.247 e. The van der Waals surface area contributed by atoms with Gasteiger partial charge in [-0.1, -0.05) is 60.7 Å². The van der Waals surface area contributed by atoms with Gasteiger partial charge in [0.2, 0.25) is 22.8 Å². The lowest BCUT2D eigenvalue weighted by Gasteiger charge is -2.42. The lowest BCUT2D eigenvalue weighted by Crippen LogP contribution is -2.61. The number of rotatable bonds is 5. The summed E-state index contributed by atoms with van der Waals surface area (Å²) in [5.41, 5.74) is -1.98. The second-order valence-electron chi connectivity index (χ2n) is 8.68. The van der Waals surface area contributed by atoms with Gasteiger partial charge in [0.15, 0.2) is 0 Å². The Morgan fingerprint density at radius 3 is 1.31 bits per heavy atom. The first-order valence-electron chi connectivity index (χ1n) is 11.5. The molecule has 6 rings (SSSR count). The number of methoxy groups -OCH3 is 2. The van der Waals surface area contributed by atoms with Gasteiger partial charge in [-0.25, -0.2) is 0 Å². The van der Waals surface area contributed by atoms with Crippen LogP contribution in [0.2, 0.25) is 0 Å². The van der Waals surface area contributed by atoms with E-state index in [2.05, 4.69) is 0 Å². The molecule has 178 valence electrons. The van der Waals surface area contributed by atoms with E-state index in [0.29, 0.717) is 45.3 Å². The number of carbonyl (C=O) groups excluding carboxylic acids is 2. The summed E-state index contributed by atoms with van der Waals surface area (Å²) in [6.45, 7) is 0. The van der Waals surface area contributed by atoms with E-state index in [1.807, 2.05) is 36.4 Å². The number of ketones is 2. The summed E-state index contributed by atoms with van der Waals surface area (Å²) < 4.78 is 24.0. The van der Waals surface area contributed by atoms with Crippen LogP contribution in [0.25, 0.3) is 0 Å². The van der Waals surface area contributed by atoms with Gasteiger partial charge >= 0.3 is 0 Å². The van der Waals surface area contributed by atoms with E-state index in [0.717, 1.165) is 0 Å². The molecule has 2 aliphatic rings. The molecule has 0 amide bonds. The highest BCUT2D eigenvalue weighted by Gasteiger charge is 2.72. The maximum atomic E-state index is 14.5. The molecule has 2 aliphatic heterocycles. The van der Waals surface area contributed by atoms with Gasteiger partial charge in [0, 0.05) is 23.3 Å². The van der Waals surface area contributed by atoms with Gasteiger partial charge in [-0.05, 0) is 24.3 Å². The first kappa shape index (κ1) is 21.9. The normalized spacial score (nSPS) is 21.8. The second kappa shape index (κ2) is 7.99. The van der Waals surface area contributed by atoms with Crippen molar-refractivity contribution in [2.45, 2.75) is 11.2 Å². The van der Waals surface area contributed by atoms with Gasteiger partial charge < -0.3 is 18.9 Å². The summed E-state index contributed by atoms with van der Waals surface area (Å²) in [6.07, 6.45) is 0. The van der Waals surface area contributed by atoms with Gasteiger partial charge in [0.25, 0.3) is 0 Å². The number of ether oxygens (including phenoxy) is 4. The van der Waals surface area contributed by atoms with Gasteiger partial charge in [0.1, 0.15) is 23.0 Å². The Hall–Kier alpha value is -4.58. The molecule has 0 fully saturated rings. The molecule has 2 heterocycles. The third kappa shape index (κ3) is 2.78. The van der Waals surface area contributed by atoms with Gasteiger partial charge in [-0.3, -0.25) is 9.59 Å². The Labute approximate surface area is 208 Å². The van der Waals surface area contributed by atoms with Crippen molar-refractivity contribution in [1.82, 2.24) is 0 Å². The highest BCUT2D eigenvalue weighted by Crippen LogP contribution is 2.58. The van der Waals surface area contributed by atoms with Crippen molar-refractivity contribution in [2.75, 3.05) is 14.2 Å². The number of fused-ring (bicyclic) bond motifs is 2. The number of Topliss-reactive ketones (excluding diaryl/α,β-unsaturated/α-hetero) is 2. The average Bonchev–Trinajstić information content (AvgIpc) is 3.41. The molecule has 0 N–H and O–H groups in total. The zero-order chi connectivity index (χ0) is 24.9. The van der Waals surface area contributed by atoms with Crippen LogP contribution >= 0.6 is 0 Å². The Balaban J connectivity index is 1.68. The van der Waals surface area contributed by atoms with Crippen molar-refractivity contribution in [3.8, 4) is 23.0 Å². The summed E-state index contributed by atoms with van der Waals surface area (Å²) in [7, 11) is 3.09. The third-order valence-corrected chi connectivity index (χ3v) is 6.89. The van der Waals surface area contributed by atoms with Crippen molar-refractivity contribution in [1.29, 1.82) is 0 Å². The number of hydrogen-bond donors (Lipinski definition) is 0. The van der Waals surface area contributed by atoms with E-state index in [9.17, 15) is 9.59 Å². The predicted molar refractivity (Wildman–Crippen MR) is 132 cm³/mol. The van der Waals surface area contributed by atoms with Crippen LogP contribution in [-0.4, -0.2) is 25.8 Å². The van der Waals surface area contributed by atoms with Crippen LogP contribution in [0.4, 0.5) is 0 Å². The number of hydrogen-bond acceptors (Lipinski definition) is 6. The van der Waals surface area contributed by atoms with Crippen molar-refractivity contribution in [3.05, 3.63) is 119 Å². The fraction of sp³-hybridized carbons (Fsp3) is 0.133. The second-order valence-corrected chi connectivity index (χ2v) is 8.68. The van der Waals surface area contributed by atoms with Crippen LogP contribution in [0.5, 0.6) is 23.0 Å². The Morgan fingerprint density at radius 2 is 0.944 bits per heavy atom. The molecule has 4 aromatic carbocycles. The topological polar surface area (TPSA) is 71.1 Å². The highest BCUT2D eigenvalue weighted by atomic mass is 16.6. The van der Waals surface area contributed by atoms with Crippen LogP contribution in [0, 0.1) is 0 Å². The van der Waals surface area contributed by atoms with Crippen LogP contribution < -0.4 is 18.9 Å². The molecule has 0 spiro atoms. The highest BCUT2D eigenvalue weighted by molar-refractivity contribution is 6.17. The molecule has 0 bridgehead atoms. The third-order valence-electron chi connectivity index (χ3n) is 6.89. The van der Waals surface area contributed by atoms with Crippen LogP contribution in [0.15, 0.2) is 97.1 Å². The molecule has 0 aliphatic carbocycles. The summed E-state index contributed by atoms with van der Waals surface area (Å²) in [4.78, 5) is 29.0. The molecule has 0 radical (unpaired) electrons. The summed E-state index contributed by atoms with van der Waals surface area (Å²) in [5, 5.41) is 0. The molecule has 0 saturated carbocycles. The van der Waals surface area contributed by atoms with Gasteiger partial charge in [0.05, 0.1) is 25.3 Å². The van der Waals surface area contributed by atoms with E-state index in [1.165, 1.54) is 0 Å². The van der Waals surface area contributed by atoms with Gasteiger partial charge in [-0.15, -0.1) is 0 Å². The predicted octanol–water partition coefficient (Wildman–Crippen LogP) is 5.35. The van der Waals surface area contributed by atoms with Crippen molar-refractivity contribution in [3.63, 3.8) is 0 Å². The quantitative estimate of drug-likeness (QED) is 0.385. The molecular formula is C30H22O6. The smallest absolute Gasteiger partial charge is 0.247 e. The minimum absolute atomic E-state index is 0.323. The minimum Gasteiger partial charge on any atom is -0.497 e. The Kier molecular flexibility index (Phi) is 4.86. The first-order valence-corrected chi connectivity index (χ1v) is 11.5. The molecule has 2 atom stereocenters. The zero-order valence-corrected chi connectivity index (χ0v) is 19.7.